The highest BCUT2D eigenvalue weighted by Gasteiger charge is 2.32. The van der Waals surface area contributed by atoms with E-state index in [1.54, 1.807) is 0 Å². The van der Waals surface area contributed by atoms with Gasteiger partial charge in [0.2, 0.25) is 5.88 Å². The van der Waals surface area contributed by atoms with E-state index in [2.05, 4.69) is 10.1 Å². The van der Waals surface area contributed by atoms with Gasteiger partial charge in [-0.15, -0.1) is 0 Å². The van der Waals surface area contributed by atoms with E-state index in [1.807, 2.05) is 0 Å². The molecule has 7 nitrogen and oxygen atoms in total. The first kappa shape index (κ1) is 17.6. The van der Waals surface area contributed by atoms with Gasteiger partial charge in [-0.3, -0.25) is 9.48 Å². The third kappa shape index (κ3) is 3.29. The van der Waals surface area contributed by atoms with E-state index in [0.717, 1.165) is 4.68 Å². The molecular weight excluding hydrogens is 356 g/mol. The number of aromatic nitrogens is 3. The molecule has 2 aromatic rings. The minimum atomic E-state index is -2.56. The number of pyridine rings is 1. The maximum atomic E-state index is 12.8. The molecule has 0 aromatic carbocycles. The van der Waals surface area contributed by atoms with Crippen LogP contribution in [-0.4, -0.2) is 40.8 Å². The lowest BCUT2D eigenvalue weighted by molar-refractivity contribution is 0.0983. The standard InChI is InChI=1S/C15H16ClF2N5O2/c1-25-14-9(16)4-8(5-20-14)15(24)22-3-2-10(19)13-11(22)6-21-23(13)7-12(17)18/h4-6,10,12H,2-3,7,19H2,1H3. The fraction of sp³-hybridized carbons (Fsp3) is 0.400. The number of halogens is 3. The molecule has 3 heterocycles. The topological polar surface area (TPSA) is 86.3 Å². The molecule has 0 saturated carbocycles. The summed E-state index contributed by atoms with van der Waals surface area (Å²) in [5.41, 5.74) is 7.15. The molecule has 134 valence electrons. The molecule has 10 heteroatoms. The minimum Gasteiger partial charge on any atom is -0.480 e. The summed E-state index contributed by atoms with van der Waals surface area (Å²) in [4.78, 5) is 18.2. The van der Waals surface area contributed by atoms with Crippen molar-refractivity contribution in [2.75, 3.05) is 18.6 Å². The van der Waals surface area contributed by atoms with Gasteiger partial charge in [0, 0.05) is 12.7 Å². The molecule has 25 heavy (non-hydrogen) atoms. The Labute approximate surface area is 147 Å². The molecule has 0 spiro atoms. The third-order valence-electron chi connectivity index (χ3n) is 3.97. The number of nitrogens with zero attached hydrogens (tertiary/aromatic N) is 4. The molecule has 1 atom stereocenters. The largest absolute Gasteiger partial charge is 0.480 e. The number of methoxy groups -OCH3 is 1. The van der Waals surface area contributed by atoms with Crippen LogP contribution in [0, 0.1) is 0 Å². The Morgan fingerprint density at radius 1 is 1.52 bits per heavy atom. The van der Waals surface area contributed by atoms with Gasteiger partial charge in [-0.1, -0.05) is 11.6 Å². The first-order valence-corrected chi connectivity index (χ1v) is 7.91. The zero-order valence-electron chi connectivity index (χ0n) is 13.3. The highest BCUT2D eigenvalue weighted by atomic mass is 35.5. The van der Waals surface area contributed by atoms with Crippen molar-refractivity contribution in [3.8, 4) is 5.88 Å². The number of anilines is 1. The normalized spacial score (nSPS) is 16.9. The van der Waals surface area contributed by atoms with Crippen molar-refractivity contribution in [3.05, 3.63) is 34.7 Å². The van der Waals surface area contributed by atoms with Crippen molar-refractivity contribution >= 4 is 23.2 Å². The van der Waals surface area contributed by atoms with Gasteiger partial charge < -0.3 is 15.4 Å². The number of fused-ring (bicyclic) bond motifs is 1. The monoisotopic (exact) mass is 371 g/mol. The molecule has 0 fully saturated rings. The molecule has 0 saturated heterocycles. The molecule has 1 aliphatic rings. The number of amides is 1. The Kier molecular flexibility index (Phi) is 4.87. The number of hydrogen-bond acceptors (Lipinski definition) is 5. The van der Waals surface area contributed by atoms with Crippen molar-refractivity contribution in [2.24, 2.45) is 5.73 Å². The fourth-order valence-electron chi connectivity index (χ4n) is 2.84. The summed E-state index contributed by atoms with van der Waals surface area (Å²) in [7, 11) is 1.42. The Balaban J connectivity index is 1.94. The molecule has 0 bridgehead atoms. The molecular formula is C15H16ClF2N5O2. The van der Waals surface area contributed by atoms with E-state index in [4.69, 9.17) is 22.1 Å². The lowest BCUT2D eigenvalue weighted by Crippen LogP contribution is -2.39. The van der Waals surface area contributed by atoms with Gasteiger partial charge in [-0.05, 0) is 12.5 Å². The first-order valence-electron chi connectivity index (χ1n) is 7.53. The number of rotatable bonds is 4. The van der Waals surface area contributed by atoms with E-state index < -0.39 is 19.0 Å². The van der Waals surface area contributed by atoms with Crippen LogP contribution in [0.1, 0.15) is 28.5 Å². The molecule has 0 aliphatic carbocycles. The molecule has 0 radical (unpaired) electrons. The van der Waals surface area contributed by atoms with E-state index in [1.165, 1.54) is 30.5 Å². The van der Waals surface area contributed by atoms with Crippen molar-refractivity contribution in [3.63, 3.8) is 0 Å². The van der Waals surface area contributed by atoms with E-state index >= 15 is 0 Å². The summed E-state index contributed by atoms with van der Waals surface area (Å²) >= 11 is 6.02. The summed E-state index contributed by atoms with van der Waals surface area (Å²) in [6.07, 6.45) is 0.607. The SMILES string of the molecule is COc1ncc(C(=O)N2CCC(N)c3c2cnn3CC(F)F)cc1Cl. The van der Waals surface area contributed by atoms with Gasteiger partial charge in [0.1, 0.15) is 11.6 Å². The molecule has 1 amide bonds. The molecule has 2 aromatic heterocycles. The van der Waals surface area contributed by atoms with Gasteiger partial charge in [-0.2, -0.15) is 5.10 Å². The number of carbonyl (C=O) groups is 1. The van der Waals surface area contributed by atoms with Crippen molar-refractivity contribution in [2.45, 2.75) is 25.4 Å². The number of ether oxygens (including phenoxy) is 1. The highest BCUT2D eigenvalue weighted by Crippen LogP contribution is 2.34. The van der Waals surface area contributed by atoms with Crippen molar-refractivity contribution < 1.29 is 18.3 Å². The fourth-order valence-corrected chi connectivity index (χ4v) is 3.08. The zero-order chi connectivity index (χ0) is 18.1. The first-order chi connectivity index (χ1) is 11.9. The molecule has 1 aliphatic heterocycles. The van der Waals surface area contributed by atoms with E-state index in [-0.39, 0.29) is 22.4 Å². The second-order valence-corrected chi connectivity index (χ2v) is 5.96. The predicted octanol–water partition coefficient (Wildman–Crippen LogP) is 2.26. The van der Waals surface area contributed by atoms with Crippen LogP contribution in [0.2, 0.25) is 5.02 Å². The smallest absolute Gasteiger partial charge is 0.259 e. The van der Waals surface area contributed by atoms with Crippen LogP contribution in [-0.2, 0) is 6.54 Å². The molecule has 3 rings (SSSR count). The van der Waals surface area contributed by atoms with Gasteiger partial charge in [0.25, 0.3) is 12.3 Å². The number of hydrogen-bond donors (Lipinski definition) is 1. The number of carbonyl (C=O) groups excluding carboxylic acids is 1. The zero-order valence-corrected chi connectivity index (χ0v) is 14.1. The third-order valence-corrected chi connectivity index (χ3v) is 4.24. The average molecular weight is 372 g/mol. The van der Waals surface area contributed by atoms with Crippen LogP contribution in [0.5, 0.6) is 5.88 Å². The van der Waals surface area contributed by atoms with E-state index in [9.17, 15) is 13.6 Å². The van der Waals surface area contributed by atoms with Crippen LogP contribution in [0.4, 0.5) is 14.5 Å². The van der Waals surface area contributed by atoms with Crippen LogP contribution in [0.3, 0.4) is 0 Å². The summed E-state index contributed by atoms with van der Waals surface area (Å²) in [5, 5.41) is 4.17. The van der Waals surface area contributed by atoms with Gasteiger partial charge in [0.05, 0.1) is 36.3 Å². The lowest BCUT2D eigenvalue weighted by Gasteiger charge is -2.30. The van der Waals surface area contributed by atoms with Crippen molar-refractivity contribution in [1.82, 2.24) is 14.8 Å². The quantitative estimate of drug-likeness (QED) is 0.890. The highest BCUT2D eigenvalue weighted by molar-refractivity contribution is 6.32. The minimum absolute atomic E-state index is 0.204. The summed E-state index contributed by atoms with van der Waals surface area (Å²) in [6, 6.07) is 0.992. The Morgan fingerprint density at radius 3 is 2.92 bits per heavy atom. The second-order valence-electron chi connectivity index (χ2n) is 5.56. The van der Waals surface area contributed by atoms with Gasteiger partial charge in [-0.25, -0.2) is 13.8 Å². The van der Waals surface area contributed by atoms with Crippen LogP contribution in [0.25, 0.3) is 0 Å². The average Bonchev–Trinajstić information content (AvgIpc) is 2.98. The number of alkyl halides is 2. The lowest BCUT2D eigenvalue weighted by atomic mass is 10.0. The molecule has 2 N–H and O–H groups in total. The maximum Gasteiger partial charge on any atom is 0.259 e. The Bertz CT molecular complexity index is 798. The summed E-state index contributed by atoms with van der Waals surface area (Å²) < 4.78 is 31.6. The predicted molar refractivity (Wildman–Crippen MR) is 87.3 cm³/mol. The van der Waals surface area contributed by atoms with Crippen molar-refractivity contribution in [1.29, 1.82) is 0 Å². The Morgan fingerprint density at radius 2 is 2.28 bits per heavy atom. The van der Waals surface area contributed by atoms with Crippen LogP contribution >= 0.6 is 11.6 Å². The van der Waals surface area contributed by atoms with E-state index in [0.29, 0.717) is 24.3 Å². The molecule has 1 unspecified atom stereocenters. The summed E-state index contributed by atoms with van der Waals surface area (Å²) in [6.45, 7) is -0.224. The maximum absolute atomic E-state index is 12.8. The van der Waals surface area contributed by atoms with Crippen LogP contribution in [0.15, 0.2) is 18.5 Å². The van der Waals surface area contributed by atoms with Gasteiger partial charge >= 0.3 is 0 Å². The second kappa shape index (κ2) is 6.93. The number of nitrogens with two attached hydrogens (primary N) is 1. The van der Waals surface area contributed by atoms with Gasteiger partial charge in [0.15, 0.2) is 0 Å². The summed E-state index contributed by atoms with van der Waals surface area (Å²) in [5.74, 6) is -0.147. The van der Waals surface area contributed by atoms with Crippen LogP contribution < -0.4 is 15.4 Å². The Hall–Kier alpha value is -2.26.